The Morgan fingerprint density at radius 1 is 1.25 bits per heavy atom. The van der Waals surface area contributed by atoms with Crippen LogP contribution in [-0.4, -0.2) is 29.6 Å². The lowest BCUT2D eigenvalue weighted by Gasteiger charge is -2.18. The quantitative estimate of drug-likeness (QED) is 0.770. The Morgan fingerprint density at radius 3 is 2.50 bits per heavy atom. The lowest BCUT2D eigenvalue weighted by Crippen LogP contribution is -2.25. The van der Waals surface area contributed by atoms with E-state index >= 15 is 0 Å². The summed E-state index contributed by atoms with van der Waals surface area (Å²) in [5.74, 6) is 0.379. The number of likely N-dealkylation sites (N-methyl/N-ethyl adjacent to an activating group) is 1. The fraction of sp³-hybridized carbons (Fsp3) is 0.538. The summed E-state index contributed by atoms with van der Waals surface area (Å²) in [7, 11) is 0. The molecule has 3 N–H and O–H groups in total. The second kappa shape index (κ2) is 6.51. The van der Waals surface area contributed by atoms with E-state index in [1.807, 2.05) is 12.1 Å². The Bertz CT molecular complexity index is 322. The van der Waals surface area contributed by atoms with Crippen LogP contribution in [0.1, 0.15) is 25.0 Å². The van der Waals surface area contributed by atoms with Crippen molar-refractivity contribution in [3.8, 4) is 5.75 Å². The van der Waals surface area contributed by atoms with Crippen molar-refractivity contribution in [3.63, 3.8) is 0 Å². The lowest BCUT2D eigenvalue weighted by atomic mass is 10.1. The largest absolute Gasteiger partial charge is 0.508 e. The molecule has 0 atom stereocenters. The molecule has 0 bridgehead atoms. The van der Waals surface area contributed by atoms with E-state index in [1.54, 1.807) is 6.07 Å². The summed E-state index contributed by atoms with van der Waals surface area (Å²) in [5.41, 5.74) is 7.66. The first-order chi connectivity index (χ1) is 7.71. The molecule has 0 saturated carbocycles. The number of phenolic OH excluding ortho intramolecular Hbond substituents is 1. The summed E-state index contributed by atoms with van der Waals surface area (Å²) >= 11 is 0. The van der Waals surface area contributed by atoms with Crippen LogP contribution in [0.3, 0.4) is 0 Å². The lowest BCUT2D eigenvalue weighted by molar-refractivity contribution is 0.306. The highest BCUT2D eigenvalue weighted by Gasteiger charge is 2.05. The van der Waals surface area contributed by atoms with Gasteiger partial charge in [0.1, 0.15) is 5.75 Å². The van der Waals surface area contributed by atoms with Gasteiger partial charge in [0.25, 0.3) is 0 Å². The van der Waals surface area contributed by atoms with E-state index in [9.17, 15) is 5.11 Å². The number of nitrogens with two attached hydrogens (primary N) is 1. The fourth-order valence-electron chi connectivity index (χ4n) is 1.78. The maximum atomic E-state index is 9.73. The van der Waals surface area contributed by atoms with Gasteiger partial charge in [-0.15, -0.1) is 0 Å². The summed E-state index contributed by atoms with van der Waals surface area (Å²) < 4.78 is 0. The molecule has 1 aromatic rings. The van der Waals surface area contributed by atoms with Gasteiger partial charge in [-0.2, -0.15) is 0 Å². The molecule has 0 fully saturated rings. The SMILES string of the molecule is CCN(CC)CCc1cc(CN)ccc1O. The number of benzene rings is 1. The third-order valence-electron chi connectivity index (χ3n) is 2.97. The maximum Gasteiger partial charge on any atom is 0.118 e. The molecule has 0 aliphatic heterocycles. The number of nitrogens with zero attached hydrogens (tertiary/aromatic N) is 1. The smallest absolute Gasteiger partial charge is 0.118 e. The molecule has 0 aliphatic carbocycles. The van der Waals surface area contributed by atoms with Gasteiger partial charge in [-0.05, 0) is 36.7 Å². The van der Waals surface area contributed by atoms with Crippen molar-refractivity contribution in [2.75, 3.05) is 19.6 Å². The van der Waals surface area contributed by atoms with Crippen LogP contribution in [0.4, 0.5) is 0 Å². The second-order valence-electron chi connectivity index (χ2n) is 3.94. The van der Waals surface area contributed by atoms with Gasteiger partial charge in [-0.3, -0.25) is 0 Å². The molecule has 16 heavy (non-hydrogen) atoms. The molecule has 1 aromatic carbocycles. The number of aromatic hydroxyl groups is 1. The first kappa shape index (κ1) is 13.0. The van der Waals surface area contributed by atoms with E-state index in [-0.39, 0.29) is 0 Å². The Hall–Kier alpha value is -1.06. The van der Waals surface area contributed by atoms with E-state index in [1.165, 1.54) is 0 Å². The average Bonchev–Trinajstić information content (AvgIpc) is 2.32. The Labute approximate surface area is 97.9 Å². The van der Waals surface area contributed by atoms with E-state index < -0.39 is 0 Å². The van der Waals surface area contributed by atoms with Crippen molar-refractivity contribution in [3.05, 3.63) is 29.3 Å². The molecule has 0 aliphatic rings. The Balaban J connectivity index is 2.65. The van der Waals surface area contributed by atoms with E-state index in [0.29, 0.717) is 12.3 Å². The van der Waals surface area contributed by atoms with Crippen molar-refractivity contribution in [2.45, 2.75) is 26.8 Å². The van der Waals surface area contributed by atoms with Crippen LogP contribution >= 0.6 is 0 Å². The molecule has 0 unspecified atom stereocenters. The summed E-state index contributed by atoms with van der Waals surface area (Å²) in [4.78, 5) is 2.34. The van der Waals surface area contributed by atoms with Gasteiger partial charge >= 0.3 is 0 Å². The monoisotopic (exact) mass is 222 g/mol. The zero-order chi connectivity index (χ0) is 12.0. The van der Waals surface area contributed by atoms with Crippen LogP contribution < -0.4 is 5.73 Å². The first-order valence-corrected chi connectivity index (χ1v) is 5.94. The van der Waals surface area contributed by atoms with E-state index in [4.69, 9.17) is 5.73 Å². The molecule has 1 rings (SSSR count). The summed E-state index contributed by atoms with van der Waals surface area (Å²) in [6, 6.07) is 5.61. The van der Waals surface area contributed by atoms with Crippen LogP contribution in [0, 0.1) is 0 Å². The summed E-state index contributed by atoms with van der Waals surface area (Å²) in [6.45, 7) is 7.91. The minimum absolute atomic E-state index is 0.379. The Kier molecular flexibility index (Phi) is 5.29. The molecule has 0 spiro atoms. The average molecular weight is 222 g/mol. The topological polar surface area (TPSA) is 49.5 Å². The molecule has 0 amide bonds. The van der Waals surface area contributed by atoms with Gasteiger partial charge < -0.3 is 15.7 Å². The van der Waals surface area contributed by atoms with Crippen molar-refractivity contribution >= 4 is 0 Å². The number of hydrogen-bond acceptors (Lipinski definition) is 3. The maximum absolute atomic E-state index is 9.73. The van der Waals surface area contributed by atoms with Crippen molar-refractivity contribution in [1.29, 1.82) is 0 Å². The van der Waals surface area contributed by atoms with Gasteiger partial charge in [-0.25, -0.2) is 0 Å². The highest BCUT2D eigenvalue weighted by molar-refractivity contribution is 5.36. The number of rotatable bonds is 6. The molecule has 3 nitrogen and oxygen atoms in total. The van der Waals surface area contributed by atoms with Crippen LogP contribution in [0.2, 0.25) is 0 Å². The zero-order valence-corrected chi connectivity index (χ0v) is 10.2. The van der Waals surface area contributed by atoms with Gasteiger partial charge in [0.15, 0.2) is 0 Å². The van der Waals surface area contributed by atoms with Crippen LogP contribution in [0.5, 0.6) is 5.75 Å². The van der Waals surface area contributed by atoms with E-state index in [0.717, 1.165) is 37.2 Å². The van der Waals surface area contributed by atoms with Crippen molar-refractivity contribution in [1.82, 2.24) is 4.90 Å². The molecule has 0 aromatic heterocycles. The summed E-state index contributed by atoms with van der Waals surface area (Å²) in [6.07, 6.45) is 0.876. The van der Waals surface area contributed by atoms with Crippen LogP contribution in [0.25, 0.3) is 0 Å². The zero-order valence-electron chi connectivity index (χ0n) is 10.2. The molecule has 0 radical (unpaired) electrons. The van der Waals surface area contributed by atoms with Crippen LogP contribution in [-0.2, 0) is 13.0 Å². The van der Waals surface area contributed by atoms with Gasteiger partial charge in [0.05, 0.1) is 0 Å². The number of hydrogen-bond donors (Lipinski definition) is 2. The minimum atomic E-state index is 0.379. The van der Waals surface area contributed by atoms with Crippen molar-refractivity contribution < 1.29 is 5.11 Å². The molecular formula is C13H22N2O. The number of phenols is 1. The predicted octanol–water partition coefficient (Wildman–Crippen LogP) is 1.74. The first-order valence-electron chi connectivity index (χ1n) is 5.94. The molecular weight excluding hydrogens is 200 g/mol. The Morgan fingerprint density at radius 2 is 1.94 bits per heavy atom. The highest BCUT2D eigenvalue weighted by Crippen LogP contribution is 2.19. The molecule has 0 heterocycles. The third kappa shape index (κ3) is 3.51. The highest BCUT2D eigenvalue weighted by atomic mass is 16.3. The molecule has 90 valence electrons. The summed E-state index contributed by atoms with van der Waals surface area (Å²) in [5, 5.41) is 9.73. The van der Waals surface area contributed by atoms with Crippen LogP contribution in [0.15, 0.2) is 18.2 Å². The standard InChI is InChI=1S/C13H22N2O/c1-3-15(4-2)8-7-12-9-11(10-14)5-6-13(12)16/h5-6,9,16H,3-4,7-8,10,14H2,1-2H3. The minimum Gasteiger partial charge on any atom is -0.508 e. The van der Waals surface area contributed by atoms with Gasteiger partial charge in [-0.1, -0.05) is 26.0 Å². The fourth-order valence-corrected chi connectivity index (χ4v) is 1.78. The third-order valence-corrected chi connectivity index (χ3v) is 2.97. The normalized spacial score (nSPS) is 11.0. The molecule has 0 saturated heterocycles. The second-order valence-corrected chi connectivity index (χ2v) is 3.94. The van der Waals surface area contributed by atoms with Crippen molar-refractivity contribution in [2.24, 2.45) is 5.73 Å². The van der Waals surface area contributed by atoms with Gasteiger partial charge in [0, 0.05) is 13.1 Å². The predicted molar refractivity (Wildman–Crippen MR) is 67.5 cm³/mol. The van der Waals surface area contributed by atoms with E-state index in [2.05, 4.69) is 18.7 Å². The molecule has 3 heteroatoms. The van der Waals surface area contributed by atoms with Gasteiger partial charge in [0.2, 0.25) is 0 Å².